The van der Waals surface area contributed by atoms with Gasteiger partial charge in [-0.2, -0.15) is 0 Å². The molecule has 0 saturated carbocycles. The van der Waals surface area contributed by atoms with Crippen LogP contribution in [0.25, 0.3) is 10.9 Å². The van der Waals surface area contributed by atoms with E-state index < -0.39 is 0 Å². The molecule has 7 nitrogen and oxygen atoms in total. The summed E-state index contributed by atoms with van der Waals surface area (Å²) in [5.74, 6) is 1.59. The topological polar surface area (TPSA) is 74.2 Å². The maximum Gasteiger partial charge on any atom is 0.253 e. The Hall–Kier alpha value is -4.00. The molecule has 4 aromatic rings. The smallest absolute Gasteiger partial charge is 0.253 e. The van der Waals surface area contributed by atoms with Crippen molar-refractivity contribution in [2.75, 3.05) is 36.4 Å². The third-order valence-corrected chi connectivity index (χ3v) is 6.17. The van der Waals surface area contributed by atoms with Crippen LogP contribution in [0.5, 0.6) is 0 Å². The van der Waals surface area contributed by atoms with E-state index in [1.165, 1.54) is 10.9 Å². The van der Waals surface area contributed by atoms with Gasteiger partial charge in [-0.3, -0.25) is 4.79 Å². The number of aryl methyl sites for hydroxylation is 3. The number of nitrogens with zero attached hydrogens (tertiary/aromatic N) is 5. The first-order valence-corrected chi connectivity index (χ1v) is 11.6. The Morgan fingerprint density at radius 3 is 2.21 bits per heavy atom. The van der Waals surface area contributed by atoms with Crippen LogP contribution in [0, 0.1) is 20.8 Å². The van der Waals surface area contributed by atoms with E-state index in [0.717, 1.165) is 41.5 Å². The molecule has 1 aliphatic heterocycles. The number of piperazine rings is 1. The summed E-state index contributed by atoms with van der Waals surface area (Å²) in [7, 11) is 0. The summed E-state index contributed by atoms with van der Waals surface area (Å²) in [4.78, 5) is 30.9. The zero-order valence-corrected chi connectivity index (χ0v) is 19.7. The molecule has 1 aliphatic rings. The van der Waals surface area contributed by atoms with Crippen LogP contribution in [-0.4, -0.2) is 51.9 Å². The average Bonchev–Trinajstić information content (AvgIpc) is 2.83. The maximum absolute atomic E-state index is 13.1. The van der Waals surface area contributed by atoms with E-state index in [-0.39, 0.29) is 5.91 Å². The van der Waals surface area contributed by atoms with E-state index in [2.05, 4.69) is 45.3 Å². The fourth-order valence-electron chi connectivity index (χ4n) is 4.42. The molecule has 5 rings (SSSR count). The number of hydrogen-bond acceptors (Lipinski definition) is 6. The third kappa shape index (κ3) is 4.55. The third-order valence-electron chi connectivity index (χ3n) is 6.17. The summed E-state index contributed by atoms with van der Waals surface area (Å²) in [5.41, 5.74) is 5.59. The summed E-state index contributed by atoms with van der Waals surface area (Å²) in [6, 6.07) is 19.8. The second-order valence-electron chi connectivity index (χ2n) is 8.77. The van der Waals surface area contributed by atoms with Crippen LogP contribution < -0.4 is 10.2 Å². The zero-order valence-electron chi connectivity index (χ0n) is 19.7. The van der Waals surface area contributed by atoms with Gasteiger partial charge in [0.15, 0.2) is 0 Å². The molecule has 1 saturated heterocycles. The molecule has 0 aliphatic carbocycles. The van der Waals surface area contributed by atoms with E-state index >= 15 is 0 Å². The Labute approximate surface area is 199 Å². The first kappa shape index (κ1) is 21.8. The van der Waals surface area contributed by atoms with Crippen molar-refractivity contribution >= 4 is 34.3 Å². The Morgan fingerprint density at radius 1 is 0.824 bits per heavy atom. The van der Waals surface area contributed by atoms with Gasteiger partial charge in [0, 0.05) is 54.2 Å². The number of carbonyl (C=O) groups is 1. The Kier molecular flexibility index (Phi) is 5.84. The number of fused-ring (bicyclic) bond motifs is 1. The lowest BCUT2D eigenvalue weighted by Gasteiger charge is -2.35. The molecule has 0 unspecified atom stereocenters. The first-order chi connectivity index (χ1) is 16.5. The fraction of sp³-hybridized carbons (Fsp3) is 0.259. The van der Waals surface area contributed by atoms with Crippen molar-refractivity contribution in [3.63, 3.8) is 0 Å². The van der Waals surface area contributed by atoms with Crippen molar-refractivity contribution in [3.8, 4) is 0 Å². The number of benzene rings is 2. The van der Waals surface area contributed by atoms with Crippen molar-refractivity contribution < 1.29 is 4.79 Å². The van der Waals surface area contributed by atoms with Crippen molar-refractivity contribution in [3.05, 3.63) is 83.2 Å². The van der Waals surface area contributed by atoms with Gasteiger partial charge in [-0.1, -0.05) is 18.2 Å². The molecule has 1 amide bonds. The fourth-order valence-corrected chi connectivity index (χ4v) is 4.42. The highest BCUT2D eigenvalue weighted by Crippen LogP contribution is 2.24. The lowest BCUT2D eigenvalue weighted by Crippen LogP contribution is -2.49. The van der Waals surface area contributed by atoms with Gasteiger partial charge in [-0.15, -0.1) is 0 Å². The predicted octanol–water partition coefficient (Wildman–Crippen LogP) is 4.66. The van der Waals surface area contributed by atoms with E-state index in [1.807, 2.05) is 61.2 Å². The van der Waals surface area contributed by atoms with Gasteiger partial charge < -0.3 is 15.1 Å². The summed E-state index contributed by atoms with van der Waals surface area (Å²) in [6.07, 6.45) is 0. The molecular weight excluding hydrogens is 424 g/mol. The highest BCUT2D eigenvalue weighted by molar-refractivity contribution is 5.94. The summed E-state index contributed by atoms with van der Waals surface area (Å²) in [5, 5.41) is 4.39. The van der Waals surface area contributed by atoms with Gasteiger partial charge in [0.25, 0.3) is 5.91 Å². The number of amides is 1. The molecule has 0 atom stereocenters. The van der Waals surface area contributed by atoms with Gasteiger partial charge in [-0.05, 0) is 68.8 Å². The zero-order chi connectivity index (χ0) is 23.7. The van der Waals surface area contributed by atoms with Crippen LogP contribution in [0.3, 0.4) is 0 Å². The molecule has 2 aromatic heterocycles. The van der Waals surface area contributed by atoms with E-state index in [1.54, 1.807) is 0 Å². The van der Waals surface area contributed by atoms with Crippen LogP contribution in [0.15, 0.2) is 60.7 Å². The molecule has 2 aromatic carbocycles. The molecule has 3 heterocycles. The number of para-hydroxylation sites is 1. The number of carbonyl (C=O) groups excluding carboxylic acids is 1. The number of anilines is 3. The lowest BCUT2D eigenvalue weighted by molar-refractivity contribution is 0.0746. The molecule has 1 N–H and O–H groups in total. The Balaban J connectivity index is 1.22. The summed E-state index contributed by atoms with van der Waals surface area (Å²) in [6.45, 7) is 8.88. The van der Waals surface area contributed by atoms with Gasteiger partial charge in [0.05, 0.1) is 5.52 Å². The molecule has 172 valence electrons. The molecule has 0 radical (unpaired) electrons. The van der Waals surface area contributed by atoms with Crippen LogP contribution >= 0.6 is 0 Å². The monoisotopic (exact) mass is 452 g/mol. The van der Waals surface area contributed by atoms with Gasteiger partial charge in [-0.25, -0.2) is 15.0 Å². The molecule has 34 heavy (non-hydrogen) atoms. The minimum atomic E-state index is 0.0523. The van der Waals surface area contributed by atoms with Crippen LogP contribution in [0.4, 0.5) is 17.5 Å². The predicted molar refractivity (Wildman–Crippen MR) is 136 cm³/mol. The van der Waals surface area contributed by atoms with Crippen LogP contribution in [-0.2, 0) is 0 Å². The average molecular weight is 453 g/mol. The molecule has 7 heteroatoms. The molecule has 1 fully saturated rings. The second-order valence-corrected chi connectivity index (χ2v) is 8.77. The van der Waals surface area contributed by atoms with Crippen LogP contribution in [0.1, 0.15) is 27.3 Å². The standard InChI is InChI=1S/C27H28N6O/c1-18-16-25(31-24-7-5-4-6-23(18)24)32-12-14-33(15-13-32)26(34)21-8-10-22(11-9-21)30-27-28-19(2)17-20(3)29-27/h4-11,16-17H,12-15H2,1-3H3,(H,28,29,30). The first-order valence-electron chi connectivity index (χ1n) is 11.6. The van der Waals surface area contributed by atoms with E-state index in [0.29, 0.717) is 24.6 Å². The molecular formula is C27H28N6O. The number of hydrogen-bond donors (Lipinski definition) is 1. The van der Waals surface area contributed by atoms with Gasteiger partial charge >= 0.3 is 0 Å². The molecule has 0 spiro atoms. The number of pyridine rings is 1. The minimum absolute atomic E-state index is 0.0523. The number of rotatable bonds is 4. The minimum Gasteiger partial charge on any atom is -0.353 e. The van der Waals surface area contributed by atoms with Crippen molar-refractivity contribution in [1.29, 1.82) is 0 Å². The van der Waals surface area contributed by atoms with Crippen molar-refractivity contribution in [1.82, 2.24) is 19.9 Å². The van der Waals surface area contributed by atoms with Crippen molar-refractivity contribution in [2.24, 2.45) is 0 Å². The quantitative estimate of drug-likeness (QED) is 0.486. The normalized spacial score (nSPS) is 13.9. The number of aromatic nitrogens is 3. The van der Waals surface area contributed by atoms with Gasteiger partial charge in [0.2, 0.25) is 5.95 Å². The van der Waals surface area contributed by atoms with Crippen molar-refractivity contribution in [2.45, 2.75) is 20.8 Å². The Morgan fingerprint density at radius 2 is 1.50 bits per heavy atom. The maximum atomic E-state index is 13.1. The Bertz CT molecular complexity index is 1320. The molecule has 0 bridgehead atoms. The largest absolute Gasteiger partial charge is 0.353 e. The lowest BCUT2D eigenvalue weighted by atomic mass is 10.1. The van der Waals surface area contributed by atoms with E-state index in [4.69, 9.17) is 4.98 Å². The summed E-state index contributed by atoms with van der Waals surface area (Å²) < 4.78 is 0. The van der Waals surface area contributed by atoms with Crippen LogP contribution in [0.2, 0.25) is 0 Å². The highest BCUT2D eigenvalue weighted by atomic mass is 16.2. The number of nitrogens with one attached hydrogen (secondary N) is 1. The second kappa shape index (κ2) is 9.09. The summed E-state index contributed by atoms with van der Waals surface area (Å²) >= 11 is 0. The van der Waals surface area contributed by atoms with E-state index in [9.17, 15) is 4.79 Å². The van der Waals surface area contributed by atoms with Gasteiger partial charge in [0.1, 0.15) is 5.82 Å². The SMILES string of the molecule is Cc1cc(C)nc(Nc2ccc(C(=O)N3CCN(c4cc(C)c5ccccc5n4)CC3)cc2)n1. The highest BCUT2D eigenvalue weighted by Gasteiger charge is 2.23.